The predicted octanol–water partition coefficient (Wildman–Crippen LogP) is 1.98. The summed E-state index contributed by atoms with van der Waals surface area (Å²) in [6.07, 6.45) is 1.90. The standard InChI is InChI=1S/C12H13N3/c1-2-6-15-7-5-14-11-8-10(9-13)3-4-12(11)15/h2-4,8,14H,1,5-7H2. The van der Waals surface area contributed by atoms with E-state index in [2.05, 4.69) is 22.9 Å². The van der Waals surface area contributed by atoms with Crippen molar-refractivity contribution in [3.05, 3.63) is 36.4 Å². The van der Waals surface area contributed by atoms with Gasteiger partial charge >= 0.3 is 0 Å². The van der Waals surface area contributed by atoms with Crippen LogP contribution in [0.2, 0.25) is 0 Å². The van der Waals surface area contributed by atoms with Crippen LogP contribution in [0.4, 0.5) is 11.4 Å². The van der Waals surface area contributed by atoms with Crippen molar-refractivity contribution in [1.29, 1.82) is 5.26 Å². The summed E-state index contributed by atoms with van der Waals surface area (Å²) in [7, 11) is 0. The Bertz CT molecular complexity index is 417. The Morgan fingerprint density at radius 2 is 2.47 bits per heavy atom. The van der Waals surface area contributed by atoms with Crippen molar-refractivity contribution in [3.8, 4) is 6.07 Å². The molecule has 1 aromatic carbocycles. The molecule has 0 spiro atoms. The molecule has 0 saturated heterocycles. The molecule has 76 valence electrons. The van der Waals surface area contributed by atoms with Crippen LogP contribution >= 0.6 is 0 Å². The molecule has 1 aliphatic rings. The molecule has 2 rings (SSSR count). The van der Waals surface area contributed by atoms with Crippen molar-refractivity contribution in [2.45, 2.75) is 0 Å². The van der Waals surface area contributed by atoms with Gasteiger partial charge in [-0.05, 0) is 18.2 Å². The highest BCUT2D eigenvalue weighted by molar-refractivity contribution is 5.74. The van der Waals surface area contributed by atoms with E-state index < -0.39 is 0 Å². The van der Waals surface area contributed by atoms with Crippen molar-refractivity contribution in [3.63, 3.8) is 0 Å². The summed E-state index contributed by atoms with van der Waals surface area (Å²) >= 11 is 0. The molecule has 0 bridgehead atoms. The SMILES string of the molecule is C=CCN1CCNc2cc(C#N)ccc21. The van der Waals surface area contributed by atoms with Gasteiger partial charge in [-0.3, -0.25) is 0 Å². The lowest BCUT2D eigenvalue weighted by Gasteiger charge is -2.31. The largest absolute Gasteiger partial charge is 0.382 e. The minimum Gasteiger partial charge on any atom is -0.382 e. The van der Waals surface area contributed by atoms with E-state index in [0.717, 1.165) is 31.0 Å². The fraction of sp³-hybridized carbons (Fsp3) is 0.250. The first kappa shape index (κ1) is 9.60. The third-order valence-corrected chi connectivity index (χ3v) is 2.51. The van der Waals surface area contributed by atoms with E-state index in [4.69, 9.17) is 5.26 Å². The molecular weight excluding hydrogens is 186 g/mol. The fourth-order valence-electron chi connectivity index (χ4n) is 1.81. The predicted molar refractivity (Wildman–Crippen MR) is 62.1 cm³/mol. The molecule has 3 nitrogen and oxygen atoms in total. The Morgan fingerprint density at radius 1 is 1.60 bits per heavy atom. The molecule has 15 heavy (non-hydrogen) atoms. The maximum Gasteiger partial charge on any atom is 0.0992 e. The van der Waals surface area contributed by atoms with E-state index in [1.807, 2.05) is 24.3 Å². The van der Waals surface area contributed by atoms with Crippen LogP contribution in [0.1, 0.15) is 5.56 Å². The van der Waals surface area contributed by atoms with Gasteiger partial charge in [-0.15, -0.1) is 6.58 Å². The average Bonchev–Trinajstić information content (AvgIpc) is 2.29. The zero-order valence-electron chi connectivity index (χ0n) is 8.53. The Hall–Kier alpha value is -1.95. The zero-order chi connectivity index (χ0) is 10.7. The summed E-state index contributed by atoms with van der Waals surface area (Å²) in [5.74, 6) is 0. The molecule has 0 amide bonds. The molecule has 0 saturated carbocycles. The second-order valence-electron chi connectivity index (χ2n) is 3.51. The van der Waals surface area contributed by atoms with Crippen molar-refractivity contribution in [2.24, 2.45) is 0 Å². The van der Waals surface area contributed by atoms with Crippen LogP contribution in [0, 0.1) is 11.3 Å². The van der Waals surface area contributed by atoms with Gasteiger partial charge in [-0.1, -0.05) is 6.08 Å². The Labute approximate surface area is 89.6 Å². The topological polar surface area (TPSA) is 39.1 Å². The maximum absolute atomic E-state index is 8.80. The van der Waals surface area contributed by atoms with Gasteiger partial charge in [0.1, 0.15) is 0 Å². The van der Waals surface area contributed by atoms with Crippen molar-refractivity contribution in [2.75, 3.05) is 29.9 Å². The van der Waals surface area contributed by atoms with Crippen LogP contribution in [0.15, 0.2) is 30.9 Å². The quantitative estimate of drug-likeness (QED) is 0.740. The summed E-state index contributed by atoms with van der Waals surface area (Å²) in [6, 6.07) is 7.88. The highest BCUT2D eigenvalue weighted by Crippen LogP contribution is 2.29. The highest BCUT2D eigenvalue weighted by Gasteiger charge is 2.15. The van der Waals surface area contributed by atoms with E-state index in [0.29, 0.717) is 5.56 Å². The van der Waals surface area contributed by atoms with Gasteiger partial charge < -0.3 is 10.2 Å². The lowest BCUT2D eigenvalue weighted by molar-refractivity contribution is 0.844. The van der Waals surface area contributed by atoms with Gasteiger partial charge in [-0.2, -0.15) is 5.26 Å². The number of hydrogen-bond acceptors (Lipinski definition) is 3. The normalized spacial score (nSPS) is 13.7. The van der Waals surface area contributed by atoms with Gasteiger partial charge in [0.15, 0.2) is 0 Å². The minimum atomic E-state index is 0.696. The molecule has 1 aromatic rings. The van der Waals surface area contributed by atoms with E-state index in [1.165, 1.54) is 0 Å². The van der Waals surface area contributed by atoms with Gasteiger partial charge in [0.2, 0.25) is 0 Å². The summed E-state index contributed by atoms with van der Waals surface area (Å²) < 4.78 is 0. The first-order chi connectivity index (χ1) is 7.35. The number of fused-ring (bicyclic) bond motifs is 1. The van der Waals surface area contributed by atoms with Crippen molar-refractivity contribution < 1.29 is 0 Å². The fourth-order valence-corrected chi connectivity index (χ4v) is 1.81. The summed E-state index contributed by atoms with van der Waals surface area (Å²) in [6.45, 7) is 6.48. The van der Waals surface area contributed by atoms with Crippen LogP contribution in [-0.2, 0) is 0 Å². The molecule has 0 aromatic heterocycles. The zero-order valence-corrected chi connectivity index (χ0v) is 8.53. The first-order valence-corrected chi connectivity index (χ1v) is 4.99. The van der Waals surface area contributed by atoms with E-state index in [9.17, 15) is 0 Å². The lowest BCUT2D eigenvalue weighted by atomic mass is 10.1. The monoisotopic (exact) mass is 199 g/mol. The minimum absolute atomic E-state index is 0.696. The number of hydrogen-bond donors (Lipinski definition) is 1. The molecule has 3 heteroatoms. The highest BCUT2D eigenvalue weighted by atomic mass is 15.2. The summed E-state index contributed by atoms with van der Waals surface area (Å²) in [5, 5.41) is 12.1. The van der Waals surface area contributed by atoms with Crippen LogP contribution in [0.5, 0.6) is 0 Å². The Kier molecular flexibility index (Phi) is 2.59. The number of benzene rings is 1. The van der Waals surface area contributed by atoms with E-state index in [1.54, 1.807) is 0 Å². The van der Waals surface area contributed by atoms with Gasteiger partial charge in [-0.25, -0.2) is 0 Å². The number of anilines is 2. The summed E-state index contributed by atoms with van der Waals surface area (Å²) in [4.78, 5) is 2.25. The maximum atomic E-state index is 8.80. The molecule has 0 unspecified atom stereocenters. The van der Waals surface area contributed by atoms with Crippen LogP contribution < -0.4 is 10.2 Å². The van der Waals surface area contributed by atoms with Crippen LogP contribution in [-0.4, -0.2) is 19.6 Å². The van der Waals surface area contributed by atoms with Crippen molar-refractivity contribution in [1.82, 2.24) is 0 Å². The molecule has 1 aliphatic heterocycles. The van der Waals surface area contributed by atoms with Crippen LogP contribution in [0.25, 0.3) is 0 Å². The molecule has 0 aliphatic carbocycles. The number of nitrogens with zero attached hydrogens (tertiary/aromatic N) is 2. The third kappa shape index (κ3) is 1.79. The second kappa shape index (κ2) is 4.05. The van der Waals surface area contributed by atoms with Gasteiger partial charge in [0.25, 0.3) is 0 Å². The lowest BCUT2D eigenvalue weighted by Crippen LogP contribution is -2.33. The van der Waals surface area contributed by atoms with Gasteiger partial charge in [0, 0.05) is 19.6 Å². The third-order valence-electron chi connectivity index (χ3n) is 2.51. The number of nitriles is 1. The van der Waals surface area contributed by atoms with E-state index >= 15 is 0 Å². The van der Waals surface area contributed by atoms with Crippen LogP contribution in [0.3, 0.4) is 0 Å². The van der Waals surface area contributed by atoms with E-state index in [-0.39, 0.29) is 0 Å². The first-order valence-electron chi connectivity index (χ1n) is 4.99. The molecular formula is C12H13N3. The Balaban J connectivity index is 2.37. The summed E-state index contributed by atoms with van der Waals surface area (Å²) in [5.41, 5.74) is 2.89. The molecule has 0 fully saturated rings. The molecule has 1 N–H and O–H groups in total. The van der Waals surface area contributed by atoms with Crippen molar-refractivity contribution >= 4 is 11.4 Å². The smallest absolute Gasteiger partial charge is 0.0992 e. The number of rotatable bonds is 2. The average molecular weight is 199 g/mol. The Morgan fingerprint density at radius 3 is 3.20 bits per heavy atom. The second-order valence-corrected chi connectivity index (χ2v) is 3.51. The molecule has 0 atom stereocenters. The van der Waals surface area contributed by atoms with Gasteiger partial charge in [0.05, 0.1) is 23.0 Å². The molecule has 0 radical (unpaired) electrons. The number of nitrogens with one attached hydrogen (secondary N) is 1. The molecule has 1 heterocycles.